The molecule has 1 amide bonds. The first-order chi connectivity index (χ1) is 10.5. The second-order valence-corrected chi connectivity index (χ2v) is 5.85. The van der Waals surface area contributed by atoms with Crippen LogP contribution >= 0.6 is 27.5 Å². The van der Waals surface area contributed by atoms with Gasteiger partial charge < -0.3 is 14.7 Å². The Morgan fingerprint density at radius 1 is 1.32 bits per heavy atom. The van der Waals surface area contributed by atoms with Crippen LogP contribution < -0.4 is 10.7 Å². The zero-order valence-corrected chi connectivity index (χ0v) is 13.5. The van der Waals surface area contributed by atoms with Crippen molar-refractivity contribution >= 4 is 44.5 Å². The number of hydrogen-bond acceptors (Lipinski definition) is 3. The van der Waals surface area contributed by atoms with Crippen molar-refractivity contribution in [3.05, 3.63) is 67.6 Å². The van der Waals surface area contributed by atoms with E-state index >= 15 is 0 Å². The highest BCUT2D eigenvalue weighted by Gasteiger charge is 2.15. The summed E-state index contributed by atoms with van der Waals surface area (Å²) in [7, 11) is 0. The fourth-order valence-electron chi connectivity index (χ4n) is 2.03. The maximum Gasteiger partial charge on any atom is 0.257 e. The lowest BCUT2D eigenvalue weighted by atomic mass is 10.2. The minimum Gasteiger partial charge on any atom is -0.433 e. The van der Waals surface area contributed by atoms with Crippen LogP contribution in [0.1, 0.15) is 15.9 Å². The molecule has 0 atom stereocenters. The molecule has 2 heterocycles. The summed E-state index contributed by atoms with van der Waals surface area (Å²) >= 11 is 8.95. The summed E-state index contributed by atoms with van der Waals surface area (Å²) < 4.78 is 5.67. The molecule has 2 aromatic heterocycles. The molecule has 0 aliphatic carbocycles. The van der Waals surface area contributed by atoms with Crippen molar-refractivity contribution in [2.24, 2.45) is 0 Å². The lowest BCUT2D eigenvalue weighted by Gasteiger charge is -2.05. The number of carbonyl (C=O) groups excluding carboxylic acids is 1. The molecule has 3 rings (SSSR count). The minimum absolute atomic E-state index is 0.0368. The number of benzene rings is 1. The summed E-state index contributed by atoms with van der Waals surface area (Å²) in [4.78, 5) is 27.2. The normalized spacial score (nSPS) is 10.8. The predicted molar refractivity (Wildman–Crippen MR) is 87.2 cm³/mol. The number of rotatable bonds is 3. The van der Waals surface area contributed by atoms with Crippen LogP contribution in [0.3, 0.4) is 0 Å². The number of halogens is 2. The van der Waals surface area contributed by atoms with E-state index in [4.69, 9.17) is 16.0 Å². The number of aromatic nitrogens is 1. The Labute approximate surface area is 138 Å². The van der Waals surface area contributed by atoms with Gasteiger partial charge in [0, 0.05) is 23.8 Å². The van der Waals surface area contributed by atoms with Gasteiger partial charge in [-0.1, -0.05) is 23.7 Å². The van der Waals surface area contributed by atoms with Gasteiger partial charge in [-0.3, -0.25) is 9.59 Å². The average molecular weight is 382 g/mol. The van der Waals surface area contributed by atoms with Crippen molar-refractivity contribution in [3.8, 4) is 0 Å². The van der Waals surface area contributed by atoms with Crippen molar-refractivity contribution in [1.82, 2.24) is 10.3 Å². The Morgan fingerprint density at radius 2 is 2.05 bits per heavy atom. The third kappa shape index (κ3) is 2.93. The number of furan rings is 1. The maximum absolute atomic E-state index is 12.3. The number of nitrogens with one attached hydrogen (secondary N) is 2. The fourth-order valence-corrected chi connectivity index (χ4v) is 2.55. The van der Waals surface area contributed by atoms with Crippen LogP contribution in [0, 0.1) is 0 Å². The van der Waals surface area contributed by atoms with Crippen LogP contribution in [0.15, 0.2) is 50.4 Å². The Balaban J connectivity index is 1.81. The molecule has 0 aliphatic heterocycles. The zero-order valence-electron chi connectivity index (χ0n) is 11.2. The Kier molecular flexibility index (Phi) is 4.04. The molecule has 0 aliphatic rings. The van der Waals surface area contributed by atoms with Gasteiger partial charge >= 0.3 is 0 Å². The van der Waals surface area contributed by atoms with E-state index in [0.29, 0.717) is 27.3 Å². The maximum atomic E-state index is 12.3. The lowest BCUT2D eigenvalue weighted by molar-refractivity contribution is 0.0949. The van der Waals surface area contributed by atoms with Crippen LogP contribution in [0.4, 0.5) is 0 Å². The Morgan fingerprint density at radius 3 is 2.77 bits per heavy atom. The van der Waals surface area contributed by atoms with E-state index in [1.165, 1.54) is 12.3 Å². The largest absolute Gasteiger partial charge is 0.433 e. The molecule has 0 radical (unpaired) electrons. The molecule has 1 aromatic carbocycles. The number of hydrogen-bond donors (Lipinski definition) is 2. The monoisotopic (exact) mass is 380 g/mol. The molecule has 2 N–H and O–H groups in total. The van der Waals surface area contributed by atoms with E-state index < -0.39 is 5.91 Å². The smallest absolute Gasteiger partial charge is 0.257 e. The minimum atomic E-state index is -0.449. The van der Waals surface area contributed by atoms with Crippen LogP contribution in [-0.2, 0) is 6.54 Å². The van der Waals surface area contributed by atoms with E-state index in [2.05, 4.69) is 26.2 Å². The fraction of sp³-hybridized carbons (Fsp3) is 0.0667. The molecular weight excluding hydrogens is 372 g/mol. The highest BCUT2D eigenvalue weighted by molar-refractivity contribution is 9.10. The molecule has 0 bridgehead atoms. The van der Waals surface area contributed by atoms with Crippen molar-refractivity contribution in [2.75, 3.05) is 0 Å². The zero-order chi connectivity index (χ0) is 15.7. The van der Waals surface area contributed by atoms with Gasteiger partial charge in [0.15, 0.2) is 4.67 Å². The highest BCUT2D eigenvalue weighted by Crippen LogP contribution is 2.19. The van der Waals surface area contributed by atoms with E-state index in [0.717, 1.165) is 5.56 Å². The standard InChI is InChI=1S/C15H10BrClN2O3/c16-12-5-10-13(20)11(7-19-15(10)22-12)14(21)18-6-8-1-3-9(17)4-2-8/h1-5,7H,6H2,(H,18,21)(H,19,20). The van der Waals surface area contributed by atoms with E-state index in [-0.39, 0.29) is 11.0 Å². The number of fused-ring (bicyclic) bond motifs is 1. The van der Waals surface area contributed by atoms with E-state index in [1.807, 2.05) is 12.1 Å². The summed E-state index contributed by atoms with van der Waals surface area (Å²) in [6.45, 7) is 0.308. The molecule has 7 heteroatoms. The van der Waals surface area contributed by atoms with Crippen LogP contribution in [0.2, 0.25) is 5.02 Å². The SMILES string of the molecule is O=C(NCc1ccc(Cl)cc1)c1c[nH]c2oc(Br)cc2c1=O. The second-order valence-electron chi connectivity index (χ2n) is 4.63. The summed E-state index contributed by atoms with van der Waals surface area (Å²) in [6.07, 6.45) is 1.35. The summed E-state index contributed by atoms with van der Waals surface area (Å²) in [5, 5.41) is 3.66. The van der Waals surface area contributed by atoms with Crippen molar-refractivity contribution in [3.63, 3.8) is 0 Å². The number of amides is 1. The molecular formula is C15H10BrClN2O3. The molecule has 0 saturated carbocycles. The van der Waals surface area contributed by atoms with Gasteiger partial charge in [0.2, 0.25) is 11.1 Å². The number of carbonyl (C=O) groups is 1. The van der Waals surface area contributed by atoms with Crippen LogP contribution in [-0.4, -0.2) is 10.9 Å². The van der Waals surface area contributed by atoms with Gasteiger partial charge in [-0.25, -0.2) is 0 Å². The molecule has 5 nitrogen and oxygen atoms in total. The topological polar surface area (TPSA) is 75.1 Å². The quantitative estimate of drug-likeness (QED) is 0.729. The van der Waals surface area contributed by atoms with Crippen LogP contribution in [0.25, 0.3) is 11.1 Å². The molecule has 22 heavy (non-hydrogen) atoms. The van der Waals surface area contributed by atoms with E-state index in [1.54, 1.807) is 12.1 Å². The highest BCUT2D eigenvalue weighted by atomic mass is 79.9. The first-order valence-corrected chi connectivity index (χ1v) is 7.55. The lowest BCUT2D eigenvalue weighted by Crippen LogP contribution is -2.28. The molecule has 112 valence electrons. The molecule has 0 saturated heterocycles. The van der Waals surface area contributed by atoms with Gasteiger partial charge in [-0.2, -0.15) is 0 Å². The van der Waals surface area contributed by atoms with Crippen LogP contribution in [0.5, 0.6) is 0 Å². The van der Waals surface area contributed by atoms with Gasteiger partial charge in [-0.15, -0.1) is 0 Å². The Bertz CT molecular complexity index is 899. The third-order valence-electron chi connectivity index (χ3n) is 3.15. The first-order valence-electron chi connectivity index (χ1n) is 6.38. The van der Waals surface area contributed by atoms with Crippen molar-refractivity contribution in [2.45, 2.75) is 6.54 Å². The first kappa shape index (κ1) is 14.9. The van der Waals surface area contributed by atoms with Gasteiger partial charge in [-0.05, 0) is 33.6 Å². The Hall–Kier alpha value is -2.05. The average Bonchev–Trinajstić information content (AvgIpc) is 2.88. The number of aromatic amines is 1. The molecule has 0 spiro atoms. The van der Waals surface area contributed by atoms with Crippen molar-refractivity contribution < 1.29 is 9.21 Å². The number of H-pyrrole nitrogens is 1. The number of pyridine rings is 1. The van der Waals surface area contributed by atoms with Gasteiger partial charge in [0.05, 0.1) is 5.39 Å². The second kappa shape index (κ2) is 5.98. The molecule has 0 unspecified atom stereocenters. The summed E-state index contributed by atoms with van der Waals surface area (Å²) in [5.41, 5.74) is 0.874. The third-order valence-corrected chi connectivity index (χ3v) is 3.79. The summed E-state index contributed by atoms with van der Waals surface area (Å²) in [6, 6.07) is 8.63. The molecule has 3 aromatic rings. The molecule has 0 fully saturated rings. The van der Waals surface area contributed by atoms with Gasteiger partial charge in [0.25, 0.3) is 5.91 Å². The predicted octanol–water partition coefficient (Wildman–Crippen LogP) is 3.47. The van der Waals surface area contributed by atoms with E-state index in [9.17, 15) is 9.59 Å². The van der Waals surface area contributed by atoms with Crippen molar-refractivity contribution in [1.29, 1.82) is 0 Å². The van der Waals surface area contributed by atoms with Gasteiger partial charge in [0.1, 0.15) is 5.56 Å². The summed E-state index contributed by atoms with van der Waals surface area (Å²) in [5.74, 6) is -0.449.